The van der Waals surface area contributed by atoms with Crippen molar-refractivity contribution >= 4 is 5.91 Å². The second-order valence-corrected chi connectivity index (χ2v) is 5.38. The highest BCUT2D eigenvalue weighted by Gasteiger charge is 2.26. The highest BCUT2D eigenvalue weighted by Crippen LogP contribution is 2.24. The number of rotatable bonds is 3. The standard InChI is InChI=1S/C16H17FN2O3/c1-11-8-12(2-3-14(11)17)15-10-19(5-7-21-15)16(20)9-13-4-6-22-18-13/h2-4,6,8,15H,5,7,9-10H2,1H3/t15-/m0/s1. The van der Waals surface area contributed by atoms with Crippen LogP contribution in [0.3, 0.4) is 0 Å². The van der Waals surface area contributed by atoms with Crippen molar-refractivity contribution in [1.82, 2.24) is 10.1 Å². The van der Waals surface area contributed by atoms with Gasteiger partial charge in [-0.3, -0.25) is 4.79 Å². The first kappa shape index (κ1) is 14.7. The van der Waals surface area contributed by atoms with E-state index in [4.69, 9.17) is 9.26 Å². The molecule has 0 radical (unpaired) electrons. The predicted molar refractivity (Wildman–Crippen MR) is 76.6 cm³/mol. The summed E-state index contributed by atoms with van der Waals surface area (Å²) in [5.74, 6) is -0.250. The molecule has 0 N–H and O–H groups in total. The van der Waals surface area contributed by atoms with Gasteiger partial charge >= 0.3 is 0 Å². The molecule has 0 aliphatic carbocycles. The first-order valence-electron chi connectivity index (χ1n) is 7.18. The first-order valence-corrected chi connectivity index (χ1v) is 7.18. The van der Waals surface area contributed by atoms with Crippen LogP contribution in [0.4, 0.5) is 4.39 Å². The Morgan fingerprint density at radius 2 is 2.32 bits per heavy atom. The van der Waals surface area contributed by atoms with Crippen LogP contribution < -0.4 is 0 Å². The van der Waals surface area contributed by atoms with Crippen LogP contribution in [0.15, 0.2) is 35.1 Å². The molecule has 0 saturated carbocycles. The number of nitrogens with zero attached hydrogens (tertiary/aromatic N) is 2. The zero-order chi connectivity index (χ0) is 15.5. The van der Waals surface area contributed by atoms with Crippen molar-refractivity contribution in [1.29, 1.82) is 0 Å². The second kappa shape index (κ2) is 6.27. The van der Waals surface area contributed by atoms with E-state index in [-0.39, 0.29) is 24.2 Å². The Morgan fingerprint density at radius 3 is 3.05 bits per heavy atom. The van der Waals surface area contributed by atoms with Crippen molar-refractivity contribution in [3.05, 3.63) is 53.2 Å². The van der Waals surface area contributed by atoms with E-state index in [1.54, 1.807) is 30.0 Å². The minimum Gasteiger partial charge on any atom is -0.370 e. The lowest BCUT2D eigenvalue weighted by Gasteiger charge is -2.33. The average Bonchev–Trinajstić information content (AvgIpc) is 3.03. The van der Waals surface area contributed by atoms with Gasteiger partial charge in [-0.05, 0) is 24.1 Å². The number of ether oxygens (including phenoxy) is 1. The molecule has 116 valence electrons. The third kappa shape index (κ3) is 3.17. The molecule has 6 heteroatoms. The van der Waals surface area contributed by atoms with Crippen LogP contribution in [-0.4, -0.2) is 35.7 Å². The summed E-state index contributed by atoms with van der Waals surface area (Å²) in [6.45, 7) is 3.19. The summed E-state index contributed by atoms with van der Waals surface area (Å²) in [5, 5.41) is 3.75. The molecule has 1 atom stereocenters. The van der Waals surface area contributed by atoms with Gasteiger partial charge in [-0.1, -0.05) is 17.3 Å². The van der Waals surface area contributed by atoms with E-state index in [1.807, 2.05) is 0 Å². The van der Waals surface area contributed by atoms with Gasteiger partial charge in [-0.25, -0.2) is 4.39 Å². The van der Waals surface area contributed by atoms with E-state index in [0.29, 0.717) is 31.0 Å². The van der Waals surface area contributed by atoms with E-state index in [0.717, 1.165) is 5.56 Å². The number of hydrogen-bond donors (Lipinski definition) is 0. The maximum atomic E-state index is 13.4. The van der Waals surface area contributed by atoms with Crippen LogP contribution in [0, 0.1) is 12.7 Å². The van der Waals surface area contributed by atoms with E-state index in [9.17, 15) is 9.18 Å². The van der Waals surface area contributed by atoms with Crippen molar-refractivity contribution in [2.45, 2.75) is 19.4 Å². The topological polar surface area (TPSA) is 55.6 Å². The van der Waals surface area contributed by atoms with E-state index >= 15 is 0 Å². The third-order valence-corrected chi connectivity index (χ3v) is 3.80. The third-order valence-electron chi connectivity index (χ3n) is 3.80. The molecule has 0 spiro atoms. The Balaban J connectivity index is 1.68. The van der Waals surface area contributed by atoms with Crippen molar-refractivity contribution in [3.63, 3.8) is 0 Å². The van der Waals surface area contributed by atoms with E-state index in [1.165, 1.54) is 12.3 Å². The van der Waals surface area contributed by atoms with E-state index in [2.05, 4.69) is 5.16 Å². The molecular weight excluding hydrogens is 287 g/mol. The molecule has 1 aromatic carbocycles. The summed E-state index contributed by atoms with van der Waals surface area (Å²) in [6, 6.07) is 6.59. The maximum Gasteiger partial charge on any atom is 0.228 e. The molecule has 1 saturated heterocycles. The fourth-order valence-electron chi connectivity index (χ4n) is 2.54. The lowest BCUT2D eigenvalue weighted by molar-refractivity contribution is -0.138. The molecule has 1 aromatic heterocycles. The highest BCUT2D eigenvalue weighted by atomic mass is 19.1. The van der Waals surface area contributed by atoms with Gasteiger partial charge in [0, 0.05) is 12.6 Å². The monoisotopic (exact) mass is 304 g/mol. The Kier molecular flexibility index (Phi) is 4.20. The maximum absolute atomic E-state index is 13.4. The summed E-state index contributed by atoms with van der Waals surface area (Å²) < 4.78 is 23.8. The SMILES string of the molecule is Cc1cc([C@@H]2CN(C(=O)Cc3ccon3)CCO2)ccc1F. The molecule has 1 aliphatic heterocycles. The quantitative estimate of drug-likeness (QED) is 0.873. The zero-order valence-corrected chi connectivity index (χ0v) is 12.3. The number of carbonyl (C=O) groups excluding carboxylic acids is 1. The molecule has 3 rings (SSSR count). The fourth-order valence-corrected chi connectivity index (χ4v) is 2.54. The molecule has 5 nitrogen and oxygen atoms in total. The largest absolute Gasteiger partial charge is 0.370 e. The lowest BCUT2D eigenvalue weighted by atomic mass is 10.0. The Labute approximate surface area is 127 Å². The number of benzene rings is 1. The van der Waals surface area contributed by atoms with Gasteiger partial charge in [0.1, 0.15) is 18.2 Å². The van der Waals surface area contributed by atoms with Crippen molar-refractivity contribution in [2.24, 2.45) is 0 Å². The summed E-state index contributed by atoms with van der Waals surface area (Å²) in [6.07, 6.45) is 1.44. The lowest BCUT2D eigenvalue weighted by Crippen LogP contribution is -2.43. The summed E-state index contributed by atoms with van der Waals surface area (Å²) in [5.41, 5.74) is 2.08. The number of carbonyl (C=O) groups is 1. The molecule has 1 amide bonds. The smallest absolute Gasteiger partial charge is 0.228 e. The molecule has 1 fully saturated rings. The average molecular weight is 304 g/mol. The normalized spacial score (nSPS) is 18.5. The number of hydrogen-bond acceptors (Lipinski definition) is 4. The van der Waals surface area contributed by atoms with Gasteiger partial charge in [-0.15, -0.1) is 0 Å². The van der Waals surface area contributed by atoms with Crippen LogP contribution in [0.2, 0.25) is 0 Å². The fraction of sp³-hybridized carbons (Fsp3) is 0.375. The van der Waals surface area contributed by atoms with Gasteiger partial charge < -0.3 is 14.2 Å². The van der Waals surface area contributed by atoms with Crippen LogP contribution in [0.5, 0.6) is 0 Å². The Morgan fingerprint density at radius 1 is 1.45 bits per heavy atom. The van der Waals surface area contributed by atoms with Crippen LogP contribution >= 0.6 is 0 Å². The van der Waals surface area contributed by atoms with Gasteiger partial charge in [-0.2, -0.15) is 0 Å². The van der Waals surface area contributed by atoms with Crippen molar-refractivity contribution in [3.8, 4) is 0 Å². The predicted octanol–water partition coefficient (Wildman–Crippen LogP) is 2.26. The molecular formula is C16H17FN2O3. The summed E-state index contributed by atoms with van der Waals surface area (Å²) in [7, 11) is 0. The van der Waals surface area contributed by atoms with Gasteiger partial charge in [0.15, 0.2) is 0 Å². The second-order valence-electron chi connectivity index (χ2n) is 5.38. The number of morpholine rings is 1. The molecule has 0 bridgehead atoms. The van der Waals surface area contributed by atoms with Crippen molar-refractivity contribution < 1.29 is 18.4 Å². The van der Waals surface area contributed by atoms with Crippen molar-refractivity contribution in [2.75, 3.05) is 19.7 Å². The van der Waals surface area contributed by atoms with Gasteiger partial charge in [0.05, 0.1) is 25.3 Å². The summed E-state index contributed by atoms with van der Waals surface area (Å²) >= 11 is 0. The molecule has 2 heterocycles. The Hall–Kier alpha value is -2.21. The minimum absolute atomic E-state index is 0.0129. The zero-order valence-electron chi connectivity index (χ0n) is 12.3. The number of aryl methyl sites for hydroxylation is 1. The number of halogens is 1. The molecule has 2 aromatic rings. The number of amides is 1. The molecule has 1 aliphatic rings. The van der Waals surface area contributed by atoms with E-state index < -0.39 is 0 Å². The Bertz CT molecular complexity index is 657. The van der Waals surface area contributed by atoms with Gasteiger partial charge in [0.2, 0.25) is 5.91 Å². The van der Waals surface area contributed by atoms with Crippen LogP contribution in [0.1, 0.15) is 22.9 Å². The highest BCUT2D eigenvalue weighted by molar-refractivity contribution is 5.78. The summed E-state index contributed by atoms with van der Waals surface area (Å²) in [4.78, 5) is 14.0. The van der Waals surface area contributed by atoms with Gasteiger partial charge in [0.25, 0.3) is 0 Å². The van der Waals surface area contributed by atoms with Crippen LogP contribution in [0.25, 0.3) is 0 Å². The number of aromatic nitrogens is 1. The van der Waals surface area contributed by atoms with Crippen LogP contribution in [-0.2, 0) is 16.0 Å². The minimum atomic E-state index is -0.237. The molecule has 0 unspecified atom stereocenters. The molecule has 22 heavy (non-hydrogen) atoms. The first-order chi connectivity index (χ1) is 10.6.